The van der Waals surface area contributed by atoms with Crippen molar-refractivity contribution in [2.45, 2.75) is 63.7 Å². The van der Waals surface area contributed by atoms with E-state index in [1.54, 1.807) is 26.4 Å². The summed E-state index contributed by atoms with van der Waals surface area (Å²) in [5.41, 5.74) is 0.993. The summed E-state index contributed by atoms with van der Waals surface area (Å²) in [6, 6.07) is 1.67. The van der Waals surface area contributed by atoms with Crippen molar-refractivity contribution < 1.29 is 19.2 Å². The van der Waals surface area contributed by atoms with Crippen molar-refractivity contribution in [3.8, 4) is 11.4 Å². The first-order chi connectivity index (χ1) is 14.4. The van der Waals surface area contributed by atoms with Crippen molar-refractivity contribution in [2.75, 3.05) is 14.1 Å². The summed E-state index contributed by atoms with van der Waals surface area (Å²) >= 11 is 0. The van der Waals surface area contributed by atoms with Crippen molar-refractivity contribution in [1.82, 2.24) is 20.0 Å². The van der Waals surface area contributed by atoms with Crippen LogP contribution in [0.4, 0.5) is 0 Å². The average Bonchev–Trinajstić information content (AvgIpc) is 3.23. The van der Waals surface area contributed by atoms with Gasteiger partial charge >= 0.3 is 5.97 Å². The van der Waals surface area contributed by atoms with E-state index < -0.39 is 5.97 Å². The Hall–Kier alpha value is -2.77. The number of carboxylic acid groups (broad SMARTS) is 1. The molecular formula is C22H30N4O4. The summed E-state index contributed by atoms with van der Waals surface area (Å²) in [7, 11) is 3.34. The molecule has 8 heteroatoms. The molecule has 0 spiro atoms. The molecule has 2 heterocycles. The number of nitrogens with zero attached hydrogens (tertiary/aromatic N) is 4. The Morgan fingerprint density at radius 2 is 2.00 bits per heavy atom. The molecule has 0 saturated heterocycles. The molecule has 8 nitrogen and oxygen atoms in total. The van der Waals surface area contributed by atoms with Crippen LogP contribution in [0, 0.1) is 5.92 Å². The molecule has 1 amide bonds. The van der Waals surface area contributed by atoms with E-state index in [4.69, 9.17) is 4.52 Å². The lowest BCUT2D eigenvalue weighted by atomic mass is 9.84. The second kappa shape index (κ2) is 10.3. The molecule has 0 radical (unpaired) electrons. The standard InChI is InChI=1S/C22H30N4O4/c1-26(2)22(29)18-11-17(13-23-14-18)20-24-21(30-25-20)16(12-19(27)28)10-6-9-15-7-4-3-5-8-15/h11,13-16H,3-10,12H2,1-2H3,(H,27,28). The van der Waals surface area contributed by atoms with Gasteiger partial charge in [-0.05, 0) is 18.4 Å². The minimum Gasteiger partial charge on any atom is -0.481 e. The minimum atomic E-state index is -0.877. The van der Waals surface area contributed by atoms with E-state index in [9.17, 15) is 14.7 Å². The number of amides is 1. The van der Waals surface area contributed by atoms with Crippen LogP contribution < -0.4 is 0 Å². The van der Waals surface area contributed by atoms with Crippen molar-refractivity contribution in [2.24, 2.45) is 5.92 Å². The third kappa shape index (κ3) is 5.87. The fourth-order valence-electron chi connectivity index (χ4n) is 4.11. The Morgan fingerprint density at radius 3 is 2.70 bits per heavy atom. The van der Waals surface area contributed by atoms with Gasteiger partial charge in [0.2, 0.25) is 11.7 Å². The molecule has 1 aliphatic carbocycles. The van der Waals surface area contributed by atoms with Crippen molar-refractivity contribution >= 4 is 11.9 Å². The number of aliphatic carboxylic acids is 1. The Balaban J connectivity index is 1.69. The topological polar surface area (TPSA) is 109 Å². The molecule has 0 bridgehead atoms. The molecule has 1 saturated carbocycles. The summed E-state index contributed by atoms with van der Waals surface area (Å²) in [5, 5.41) is 13.3. The predicted molar refractivity (Wildman–Crippen MR) is 111 cm³/mol. The zero-order valence-corrected chi connectivity index (χ0v) is 17.7. The molecule has 1 atom stereocenters. The van der Waals surface area contributed by atoms with Crippen LogP contribution in [0.2, 0.25) is 0 Å². The fraction of sp³-hybridized carbons (Fsp3) is 0.591. The number of carbonyl (C=O) groups excluding carboxylic acids is 1. The van der Waals surface area contributed by atoms with Crippen LogP contribution in [0.1, 0.15) is 80.0 Å². The van der Waals surface area contributed by atoms with Gasteiger partial charge in [0.05, 0.1) is 12.0 Å². The van der Waals surface area contributed by atoms with E-state index in [1.165, 1.54) is 43.2 Å². The smallest absolute Gasteiger partial charge is 0.304 e. The summed E-state index contributed by atoms with van der Waals surface area (Å²) in [4.78, 5) is 33.5. The number of rotatable bonds is 9. The molecule has 162 valence electrons. The molecule has 2 aromatic rings. The van der Waals surface area contributed by atoms with Gasteiger partial charge in [0, 0.05) is 38.0 Å². The number of carbonyl (C=O) groups is 2. The quantitative estimate of drug-likeness (QED) is 0.656. The van der Waals surface area contributed by atoms with Gasteiger partial charge in [-0.1, -0.05) is 50.1 Å². The average molecular weight is 415 g/mol. The number of carboxylic acids is 1. The Morgan fingerprint density at radius 1 is 1.23 bits per heavy atom. The third-order valence-electron chi connectivity index (χ3n) is 5.75. The molecule has 2 aromatic heterocycles. The second-order valence-corrected chi connectivity index (χ2v) is 8.35. The van der Waals surface area contributed by atoms with Crippen molar-refractivity contribution in [3.63, 3.8) is 0 Å². The predicted octanol–water partition coefficient (Wildman–Crippen LogP) is 4.14. The van der Waals surface area contributed by atoms with Crippen molar-refractivity contribution in [1.29, 1.82) is 0 Å². The minimum absolute atomic E-state index is 0.0380. The Bertz CT molecular complexity index is 858. The maximum atomic E-state index is 12.2. The summed E-state index contributed by atoms with van der Waals surface area (Å²) < 4.78 is 5.42. The van der Waals surface area contributed by atoms with Crippen LogP contribution >= 0.6 is 0 Å². The number of hydrogen-bond acceptors (Lipinski definition) is 6. The van der Waals surface area contributed by atoms with Crippen LogP contribution in [0.15, 0.2) is 23.0 Å². The fourth-order valence-corrected chi connectivity index (χ4v) is 4.11. The summed E-state index contributed by atoms with van der Waals surface area (Å²) in [6.45, 7) is 0. The van der Waals surface area contributed by atoms with Crippen LogP contribution in [0.25, 0.3) is 11.4 Å². The van der Waals surface area contributed by atoms with E-state index in [0.717, 1.165) is 18.8 Å². The molecule has 0 aromatic carbocycles. The van der Waals surface area contributed by atoms with Gasteiger partial charge in [0.15, 0.2) is 0 Å². The number of pyridine rings is 1. The molecule has 3 rings (SSSR count). The molecule has 1 aliphatic rings. The highest BCUT2D eigenvalue weighted by atomic mass is 16.5. The maximum absolute atomic E-state index is 12.2. The monoisotopic (exact) mass is 414 g/mol. The van der Waals surface area contributed by atoms with Crippen LogP contribution in [0.3, 0.4) is 0 Å². The maximum Gasteiger partial charge on any atom is 0.304 e. The van der Waals surface area contributed by atoms with Crippen LogP contribution in [-0.4, -0.2) is 51.1 Å². The van der Waals surface area contributed by atoms with Gasteiger partial charge in [0.25, 0.3) is 5.91 Å². The first kappa shape index (κ1) is 21.9. The third-order valence-corrected chi connectivity index (χ3v) is 5.75. The molecule has 0 aliphatic heterocycles. The number of aromatic nitrogens is 3. The van der Waals surface area contributed by atoms with Crippen molar-refractivity contribution in [3.05, 3.63) is 29.9 Å². The molecule has 1 fully saturated rings. The lowest BCUT2D eigenvalue weighted by Crippen LogP contribution is -2.21. The van der Waals surface area contributed by atoms with E-state index in [2.05, 4.69) is 15.1 Å². The Labute approximate surface area is 176 Å². The molecule has 1 unspecified atom stereocenters. The highest BCUT2D eigenvalue weighted by Gasteiger charge is 2.24. The molecule has 30 heavy (non-hydrogen) atoms. The lowest BCUT2D eigenvalue weighted by molar-refractivity contribution is -0.137. The van der Waals surface area contributed by atoms with E-state index in [1.807, 2.05) is 0 Å². The van der Waals surface area contributed by atoms with Gasteiger partial charge in [-0.25, -0.2) is 0 Å². The van der Waals surface area contributed by atoms with Gasteiger partial charge in [-0.15, -0.1) is 0 Å². The van der Waals surface area contributed by atoms with Crippen LogP contribution in [-0.2, 0) is 4.79 Å². The summed E-state index contributed by atoms with van der Waals surface area (Å²) in [6.07, 6.45) is 12.3. The second-order valence-electron chi connectivity index (χ2n) is 8.35. The van der Waals surface area contributed by atoms with Crippen LogP contribution in [0.5, 0.6) is 0 Å². The summed E-state index contributed by atoms with van der Waals surface area (Å²) in [5.74, 6) is 0.0450. The lowest BCUT2D eigenvalue weighted by Gasteiger charge is -2.21. The Kier molecular flexibility index (Phi) is 7.54. The SMILES string of the molecule is CN(C)C(=O)c1cncc(-c2noc(C(CCCC3CCCCC3)CC(=O)O)n2)c1. The van der Waals surface area contributed by atoms with E-state index in [-0.39, 0.29) is 18.2 Å². The van der Waals surface area contributed by atoms with E-state index in [0.29, 0.717) is 29.3 Å². The first-order valence-electron chi connectivity index (χ1n) is 10.7. The highest BCUT2D eigenvalue weighted by Crippen LogP contribution is 2.31. The van der Waals surface area contributed by atoms with Gasteiger partial charge in [-0.2, -0.15) is 4.98 Å². The zero-order chi connectivity index (χ0) is 21.5. The molecule has 1 N–H and O–H groups in total. The molecular weight excluding hydrogens is 384 g/mol. The van der Waals surface area contributed by atoms with Gasteiger partial charge in [-0.3, -0.25) is 14.6 Å². The zero-order valence-electron chi connectivity index (χ0n) is 17.7. The largest absolute Gasteiger partial charge is 0.481 e. The van der Waals surface area contributed by atoms with Gasteiger partial charge < -0.3 is 14.5 Å². The van der Waals surface area contributed by atoms with E-state index >= 15 is 0 Å². The normalized spacial score (nSPS) is 15.7. The number of hydrogen-bond donors (Lipinski definition) is 1. The van der Waals surface area contributed by atoms with Gasteiger partial charge in [0.1, 0.15) is 0 Å². The first-order valence-corrected chi connectivity index (χ1v) is 10.7. The highest BCUT2D eigenvalue weighted by molar-refractivity contribution is 5.94.